The lowest BCUT2D eigenvalue weighted by Crippen LogP contribution is -2.17. The van der Waals surface area contributed by atoms with Crippen LogP contribution < -0.4 is 4.74 Å². The highest BCUT2D eigenvalue weighted by atomic mass is 79.9. The van der Waals surface area contributed by atoms with Gasteiger partial charge in [0, 0.05) is 11.0 Å². The van der Waals surface area contributed by atoms with Crippen LogP contribution in [0.15, 0.2) is 57.5 Å². The van der Waals surface area contributed by atoms with Gasteiger partial charge >= 0.3 is 0 Å². The van der Waals surface area contributed by atoms with Gasteiger partial charge in [-0.3, -0.25) is 4.90 Å². The summed E-state index contributed by atoms with van der Waals surface area (Å²) in [4.78, 5) is 6.61. The second-order valence-corrected chi connectivity index (χ2v) is 6.43. The van der Waals surface area contributed by atoms with Crippen molar-refractivity contribution in [2.24, 2.45) is 0 Å². The Balaban J connectivity index is 1.68. The molecular weight excluding hydrogens is 370 g/mol. The molecule has 0 radical (unpaired) electrons. The number of hydrogen-bond acceptors (Lipinski definition) is 5. The molecule has 5 nitrogen and oxygen atoms in total. The lowest BCUT2D eigenvalue weighted by atomic mass is 10.2. The van der Waals surface area contributed by atoms with E-state index in [0.29, 0.717) is 18.3 Å². The van der Waals surface area contributed by atoms with E-state index in [9.17, 15) is 0 Å². The summed E-state index contributed by atoms with van der Waals surface area (Å²) in [5.41, 5.74) is 2.05. The van der Waals surface area contributed by atoms with E-state index in [0.717, 1.165) is 22.3 Å². The van der Waals surface area contributed by atoms with Crippen LogP contribution in [-0.2, 0) is 13.1 Å². The zero-order valence-corrected chi connectivity index (χ0v) is 15.2. The van der Waals surface area contributed by atoms with Crippen molar-refractivity contribution in [2.75, 3.05) is 14.2 Å². The van der Waals surface area contributed by atoms with Crippen LogP contribution in [0.5, 0.6) is 5.75 Å². The summed E-state index contributed by atoms with van der Waals surface area (Å²) in [6.07, 6.45) is 0. The Bertz CT molecular complexity index is 802. The molecule has 0 fully saturated rings. The Morgan fingerprint density at radius 3 is 2.58 bits per heavy atom. The van der Waals surface area contributed by atoms with Crippen LogP contribution in [0.25, 0.3) is 11.4 Å². The number of ether oxygens (including phenoxy) is 1. The van der Waals surface area contributed by atoms with E-state index in [1.54, 1.807) is 7.11 Å². The fraction of sp³-hybridized carbons (Fsp3) is 0.222. The van der Waals surface area contributed by atoms with Crippen LogP contribution in [0.1, 0.15) is 11.5 Å². The molecule has 3 rings (SSSR count). The maximum absolute atomic E-state index is 5.38. The first-order valence-electron chi connectivity index (χ1n) is 7.54. The first-order valence-corrected chi connectivity index (χ1v) is 8.34. The lowest BCUT2D eigenvalue weighted by molar-refractivity contribution is 0.261. The van der Waals surface area contributed by atoms with Crippen molar-refractivity contribution in [1.29, 1.82) is 0 Å². The smallest absolute Gasteiger partial charge is 0.241 e. The van der Waals surface area contributed by atoms with Crippen LogP contribution in [0.2, 0.25) is 0 Å². The number of methoxy groups -OCH3 is 1. The van der Waals surface area contributed by atoms with E-state index < -0.39 is 0 Å². The minimum Gasteiger partial charge on any atom is -0.496 e. The standard InChI is InChI=1S/C18H18BrN3O2/c1-22(11-13-7-9-14(19)10-8-13)12-17-20-18(21-24-17)15-5-3-4-6-16(15)23-2/h3-10H,11-12H2,1-2H3. The molecule has 0 bridgehead atoms. The third-order valence-electron chi connectivity index (χ3n) is 3.59. The number of aromatic nitrogens is 2. The van der Waals surface area contributed by atoms with E-state index in [2.05, 4.69) is 43.1 Å². The van der Waals surface area contributed by atoms with Gasteiger partial charge in [-0.1, -0.05) is 45.4 Å². The van der Waals surface area contributed by atoms with Crippen LogP contribution in [0.4, 0.5) is 0 Å². The first-order chi connectivity index (χ1) is 11.7. The Kier molecular flexibility index (Phi) is 5.27. The first kappa shape index (κ1) is 16.7. The molecule has 2 aromatic carbocycles. The maximum atomic E-state index is 5.38. The summed E-state index contributed by atoms with van der Waals surface area (Å²) in [6, 6.07) is 15.9. The van der Waals surface area contributed by atoms with Crippen molar-refractivity contribution >= 4 is 15.9 Å². The molecule has 0 aliphatic rings. The van der Waals surface area contributed by atoms with Crippen molar-refractivity contribution in [2.45, 2.75) is 13.1 Å². The largest absolute Gasteiger partial charge is 0.496 e. The van der Waals surface area contributed by atoms with Gasteiger partial charge in [0.05, 0.1) is 19.2 Å². The Morgan fingerprint density at radius 2 is 1.83 bits per heavy atom. The van der Waals surface area contributed by atoms with Crippen molar-refractivity contribution < 1.29 is 9.26 Å². The summed E-state index contributed by atoms with van der Waals surface area (Å²) in [7, 11) is 3.65. The van der Waals surface area contributed by atoms with Crippen molar-refractivity contribution in [1.82, 2.24) is 15.0 Å². The van der Waals surface area contributed by atoms with Crippen LogP contribution >= 0.6 is 15.9 Å². The van der Waals surface area contributed by atoms with Gasteiger partial charge in [-0.15, -0.1) is 0 Å². The van der Waals surface area contributed by atoms with Crippen molar-refractivity contribution in [3.05, 3.63) is 64.5 Å². The predicted octanol–water partition coefficient (Wildman–Crippen LogP) is 4.14. The highest BCUT2D eigenvalue weighted by Crippen LogP contribution is 2.27. The highest BCUT2D eigenvalue weighted by molar-refractivity contribution is 9.10. The van der Waals surface area contributed by atoms with Gasteiger partial charge in [-0.25, -0.2) is 0 Å². The number of para-hydroxylation sites is 1. The molecule has 3 aromatic rings. The van der Waals surface area contributed by atoms with Crippen LogP contribution in [0.3, 0.4) is 0 Å². The van der Waals surface area contributed by atoms with Gasteiger partial charge in [0.1, 0.15) is 5.75 Å². The summed E-state index contributed by atoms with van der Waals surface area (Å²) < 4.78 is 11.8. The normalized spacial score (nSPS) is 11.0. The molecular formula is C18H18BrN3O2. The zero-order chi connectivity index (χ0) is 16.9. The average Bonchev–Trinajstić information content (AvgIpc) is 3.05. The number of hydrogen-bond donors (Lipinski definition) is 0. The molecule has 6 heteroatoms. The molecule has 0 amide bonds. The summed E-state index contributed by atoms with van der Waals surface area (Å²) in [5.74, 6) is 1.85. The molecule has 0 saturated heterocycles. The predicted molar refractivity (Wildman–Crippen MR) is 95.6 cm³/mol. The van der Waals surface area contributed by atoms with Gasteiger partial charge in [0.15, 0.2) is 0 Å². The van der Waals surface area contributed by atoms with E-state index >= 15 is 0 Å². The van der Waals surface area contributed by atoms with Gasteiger partial charge < -0.3 is 9.26 Å². The van der Waals surface area contributed by atoms with E-state index in [-0.39, 0.29) is 0 Å². The molecule has 124 valence electrons. The van der Waals surface area contributed by atoms with Crippen LogP contribution in [0, 0.1) is 0 Å². The third-order valence-corrected chi connectivity index (χ3v) is 4.12. The summed E-state index contributed by atoms with van der Waals surface area (Å²) >= 11 is 3.44. The van der Waals surface area contributed by atoms with E-state index in [4.69, 9.17) is 9.26 Å². The molecule has 0 aliphatic heterocycles. The molecule has 0 atom stereocenters. The number of rotatable bonds is 6. The number of benzene rings is 2. The number of nitrogens with zero attached hydrogens (tertiary/aromatic N) is 3. The Hall–Kier alpha value is -2.18. The molecule has 24 heavy (non-hydrogen) atoms. The molecule has 0 N–H and O–H groups in total. The maximum Gasteiger partial charge on any atom is 0.241 e. The monoisotopic (exact) mass is 387 g/mol. The lowest BCUT2D eigenvalue weighted by Gasteiger charge is -2.14. The fourth-order valence-electron chi connectivity index (χ4n) is 2.45. The van der Waals surface area contributed by atoms with Crippen LogP contribution in [-0.4, -0.2) is 29.2 Å². The Morgan fingerprint density at radius 1 is 1.08 bits per heavy atom. The molecule has 0 aliphatic carbocycles. The van der Waals surface area contributed by atoms with Gasteiger partial charge in [-0.2, -0.15) is 4.98 Å². The second-order valence-electron chi connectivity index (χ2n) is 5.51. The number of halogens is 1. The third kappa shape index (κ3) is 4.01. The van der Waals surface area contributed by atoms with Gasteiger partial charge in [-0.05, 0) is 36.9 Å². The zero-order valence-electron chi connectivity index (χ0n) is 13.6. The SMILES string of the molecule is COc1ccccc1-c1noc(CN(C)Cc2ccc(Br)cc2)n1. The minimum atomic E-state index is 0.541. The van der Waals surface area contributed by atoms with E-state index in [1.165, 1.54) is 5.56 Å². The Labute approximate surface area is 149 Å². The fourth-order valence-corrected chi connectivity index (χ4v) is 2.71. The molecule has 1 heterocycles. The molecule has 1 aromatic heterocycles. The summed E-state index contributed by atoms with van der Waals surface area (Å²) in [5, 5.41) is 4.07. The second kappa shape index (κ2) is 7.59. The summed E-state index contributed by atoms with van der Waals surface area (Å²) in [6.45, 7) is 1.39. The molecule has 0 unspecified atom stereocenters. The topological polar surface area (TPSA) is 51.4 Å². The quantitative estimate of drug-likeness (QED) is 0.635. The van der Waals surface area contributed by atoms with Crippen molar-refractivity contribution in [3.63, 3.8) is 0 Å². The van der Waals surface area contributed by atoms with Crippen molar-refractivity contribution in [3.8, 4) is 17.1 Å². The van der Waals surface area contributed by atoms with Gasteiger partial charge in [0.2, 0.25) is 11.7 Å². The van der Waals surface area contributed by atoms with Gasteiger partial charge in [0.25, 0.3) is 0 Å². The van der Waals surface area contributed by atoms with E-state index in [1.807, 2.05) is 43.4 Å². The molecule has 0 spiro atoms. The average molecular weight is 388 g/mol. The highest BCUT2D eigenvalue weighted by Gasteiger charge is 2.14. The minimum absolute atomic E-state index is 0.541. The molecule has 0 saturated carbocycles.